The molecule has 1 rings (SSSR count). The summed E-state index contributed by atoms with van der Waals surface area (Å²) in [5.74, 6) is 0.899. The molecule has 0 aliphatic rings. The summed E-state index contributed by atoms with van der Waals surface area (Å²) in [6.07, 6.45) is 4.77. The van der Waals surface area contributed by atoms with Gasteiger partial charge in [-0.2, -0.15) is 0 Å². The van der Waals surface area contributed by atoms with Gasteiger partial charge in [-0.25, -0.2) is 4.98 Å². The second-order valence-electron chi connectivity index (χ2n) is 3.41. The van der Waals surface area contributed by atoms with Crippen LogP contribution in [0.3, 0.4) is 0 Å². The Morgan fingerprint density at radius 2 is 2.31 bits per heavy atom. The highest BCUT2D eigenvalue weighted by atomic mass is 16.5. The van der Waals surface area contributed by atoms with Gasteiger partial charge < -0.3 is 19.4 Å². The van der Waals surface area contributed by atoms with E-state index in [-0.39, 0.29) is 0 Å². The average Bonchev–Trinajstić information content (AvgIpc) is 2.73. The molecule has 0 saturated heterocycles. The quantitative estimate of drug-likeness (QED) is 0.647. The van der Waals surface area contributed by atoms with E-state index in [1.165, 1.54) is 0 Å². The van der Waals surface area contributed by atoms with Crippen LogP contribution in [0.25, 0.3) is 0 Å². The number of rotatable bonds is 9. The second-order valence-corrected chi connectivity index (χ2v) is 3.41. The maximum atomic E-state index is 5.25. The van der Waals surface area contributed by atoms with Gasteiger partial charge in [0, 0.05) is 45.8 Å². The standard InChI is InChI=1S/C11H21N3O2/c1-3-16-10-6-13-11-12-5-8-14(11)7-4-9-15-2/h5,8H,3-4,6-7,9-10H2,1-2H3,(H,12,13). The van der Waals surface area contributed by atoms with E-state index in [2.05, 4.69) is 14.9 Å². The van der Waals surface area contributed by atoms with Crippen molar-refractivity contribution in [2.24, 2.45) is 0 Å². The summed E-state index contributed by atoms with van der Waals surface area (Å²) in [5.41, 5.74) is 0. The summed E-state index contributed by atoms with van der Waals surface area (Å²) in [5, 5.41) is 3.24. The number of hydrogen-bond acceptors (Lipinski definition) is 4. The molecule has 1 N–H and O–H groups in total. The third-order valence-corrected chi connectivity index (χ3v) is 2.20. The van der Waals surface area contributed by atoms with Crippen LogP contribution in [0.4, 0.5) is 5.95 Å². The Bertz CT molecular complexity index is 276. The van der Waals surface area contributed by atoms with Gasteiger partial charge in [0.25, 0.3) is 0 Å². The summed E-state index contributed by atoms with van der Waals surface area (Å²) in [6.45, 7) is 5.94. The van der Waals surface area contributed by atoms with Crippen LogP contribution in [-0.4, -0.2) is 43.0 Å². The summed E-state index contributed by atoms with van der Waals surface area (Å²) < 4.78 is 12.4. The predicted molar refractivity (Wildman–Crippen MR) is 63.7 cm³/mol. The third-order valence-electron chi connectivity index (χ3n) is 2.20. The van der Waals surface area contributed by atoms with Crippen molar-refractivity contribution in [2.45, 2.75) is 19.9 Å². The minimum absolute atomic E-state index is 0.710. The summed E-state index contributed by atoms with van der Waals surface area (Å²) in [4.78, 5) is 4.25. The minimum Gasteiger partial charge on any atom is -0.385 e. The molecule has 0 spiro atoms. The van der Waals surface area contributed by atoms with Crippen LogP contribution in [-0.2, 0) is 16.0 Å². The van der Waals surface area contributed by atoms with Gasteiger partial charge in [-0.15, -0.1) is 0 Å². The normalized spacial score (nSPS) is 10.6. The molecule has 16 heavy (non-hydrogen) atoms. The fraction of sp³-hybridized carbons (Fsp3) is 0.727. The molecule has 0 aliphatic heterocycles. The number of anilines is 1. The molecule has 0 fully saturated rings. The number of methoxy groups -OCH3 is 1. The molecule has 0 aromatic carbocycles. The maximum Gasteiger partial charge on any atom is 0.202 e. The van der Waals surface area contributed by atoms with E-state index in [1.807, 2.05) is 13.1 Å². The highest BCUT2D eigenvalue weighted by Gasteiger charge is 2.00. The number of ether oxygens (including phenoxy) is 2. The zero-order valence-corrected chi connectivity index (χ0v) is 10.1. The van der Waals surface area contributed by atoms with Crippen molar-refractivity contribution >= 4 is 5.95 Å². The highest BCUT2D eigenvalue weighted by Crippen LogP contribution is 2.04. The van der Waals surface area contributed by atoms with Crippen molar-refractivity contribution in [1.29, 1.82) is 0 Å². The number of aryl methyl sites for hydroxylation is 1. The van der Waals surface area contributed by atoms with Crippen LogP contribution < -0.4 is 5.32 Å². The van der Waals surface area contributed by atoms with E-state index < -0.39 is 0 Å². The lowest BCUT2D eigenvalue weighted by Crippen LogP contribution is -2.13. The Morgan fingerprint density at radius 3 is 3.06 bits per heavy atom. The number of imidazole rings is 1. The van der Waals surface area contributed by atoms with Crippen molar-refractivity contribution in [3.8, 4) is 0 Å². The number of nitrogens with one attached hydrogen (secondary N) is 1. The van der Waals surface area contributed by atoms with Gasteiger partial charge in [-0.3, -0.25) is 0 Å². The van der Waals surface area contributed by atoms with Crippen molar-refractivity contribution in [3.63, 3.8) is 0 Å². The molecule has 0 radical (unpaired) electrons. The molecule has 1 aromatic rings. The molecule has 92 valence electrons. The van der Waals surface area contributed by atoms with Crippen molar-refractivity contribution in [2.75, 3.05) is 38.8 Å². The van der Waals surface area contributed by atoms with Gasteiger partial charge in [0.2, 0.25) is 5.95 Å². The van der Waals surface area contributed by atoms with Gasteiger partial charge in [0.15, 0.2) is 0 Å². The number of hydrogen-bond donors (Lipinski definition) is 1. The molecule has 0 amide bonds. The summed E-state index contributed by atoms with van der Waals surface area (Å²) in [7, 11) is 1.72. The lowest BCUT2D eigenvalue weighted by Gasteiger charge is -2.09. The number of aromatic nitrogens is 2. The SMILES string of the molecule is CCOCCNc1nccn1CCCOC. The predicted octanol–water partition coefficient (Wildman–Crippen LogP) is 1.37. The smallest absolute Gasteiger partial charge is 0.202 e. The Morgan fingerprint density at radius 1 is 1.44 bits per heavy atom. The van der Waals surface area contributed by atoms with Crippen molar-refractivity contribution in [1.82, 2.24) is 9.55 Å². The molecular weight excluding hydrogens is 206 g/mol. The average molecular weight is 227 g/mol. The van der Waals surface area contributed by atoms with E-state index in [0.29, 0.717) is 6.61 Å². The molecule has 0 saturated carbocycles. The first-order valence-electron chi connectivity index (χ1n) is 5.70. The van der Waals surface area contributed by atoms with Gasteiger partial charge >= 0.3 is 0 Å². The molecule has 5 heteroatoms. The largest absolute Gasteiger partial charge is 0.385 e. The summed E-state index contributed by atoms with van der Waals surface area (Å²) in [6, 6.07) is 0. The fourth-order valence-corrected chi connectivity index (χ4v) is 1.42. The topological polar surface area (TPSA) is 48.3 Å². The van der Waals surface area contributed by atoms with Crippen LogP contribution in [0, 0.1) is 0 Å². The first-order valence-corrected chi connectivity index (χ1v) is 5.70. The highest BCUT2D eigenvalue weighted by molar-refractivity contribution is 5.25. The molecule has 5 nitrogen and oxygen atoms in total. The summed E-state index contributed by atoms with van der Waals surface area (Å²) >= 11 is 0. The van der Waals surface area contributed by atoms with Crippen LogP contribution in [0.1, 0.15) is 13.3 Å². The zero-order valence-electron chi connectivity index (χ0n) is 10.1. The maximum absolute atomic E-state index is 5.25. The lowest BCUT2D eigenvalue weighted by molar-refractivity contribution is 0.158. The lowest BCUT2D eigenvalue weighted by atomic mass is 10.4. The van der Waals surface area contributed by atoms with Crippen LogP contribution in [0.2, 0.25) is 0 Å². The van der Waals surface area contributed by atoms with Crippen molar-refractivity contribution < 1.29 is 9.47 Å². The van der Waals surface area contributed by atoms with E-state index in [9.17, 15) is 0 Å². The van der Waals surface area contributed by atoms with Gasteiger partial charge in [-0.1, -0.05) is 0 Å². The van der Waals surface area contributed by atoms with Gasteiger partial charge in [0.1, 0.15) is 0 Å². The third kappa shape index (κ3) is 4.63. The molecule has 0 atom stereocenters. The fourth-order valence-electron chi connectivity index (χ4n) is 1.42. The van der Waals surface area contributed by atoms with E-state index in [4.69, 9.17) is 9.47 Å². The monoisotopic (exact) mass is 227 g/mol. The first-order chi connectivity index (χ1) is 7.88. The number of nitrogens with zero attached hydrogens (tertiary/aromatic N) is 2. The van der Waals surface area contributed by atoms with E-state index >= 15 is 0 Å². The van der Waals surface area contributed by atoms with Crippen LogP contribution in [0.15, 0.2) is 12.4 Å². The minimum atomic E-state index is 0.710. The molecule has 0 unspecified atom stereocenters. The van der Waals surface area contributed by atoms with Gasteiger partial charge in [0.05, 0.1) is 6.61 Å². The Labute approximate surface area is 96.8 Å². The van der Waals surface area contributed by atoms with E-state index in [0.717, 1.165) is 38.7 Å². The Kier molecular flexibility index (Phi) is 6.60. The van der Waals surface area contributed by atoms with Crippen LogP contribution >= 0.6 is 0 Å². The van der Waals surface area contributed by atoms with Gasteiger partial charge in [-0.05, 0) is 13.3 Å². The Hall–Kier alpha value is -1.07. The molecule has 0 bridgehead atoms. The Balaban J connectivity index is 2.26. The first kappa shape index (κ1) is 13.0. The molecule has 1 aromatic heterocycles. The van der Waals surface area contributed by atoms with E-state index in [1.54, 1.807) is 13.3 Å². The zero-order chi connectivity index (χ0) is 11.6. The molecular formula is C11H21N3O2. The van der Waals surface area contributed by atoms with Crippen molar-refractivity contribution in [3.05, 3.63) is 12.4 Å². The second kappa shape index (κ2) is 8.13. The molecule has 1 heterocycles. The van der Waals surface area contributed by atoms with Crippen LogP contribution in [0.5, 0.6) is 0 Å². The molecule has 0 aliphatic carbocycles.